The topological polar surface area (TPSA) is 44.3 Å². The molecule has 1 aliphatic rings. The maximum absolute atomic E-state index is 8.57. The van der Waals surface area contributed by atoms with Gasteiger partial charge in [-0.1, -0.05) is 6.42 Å². The largest absolute Gasteiger partial charge is 0.396 e. The number of piperidine rings is 1. The van der Waals surface area contributed by atoms with Crippen LogP contribution in [0, 0.1) is 0 Å². The molecule has 0 aromatic carbocycles. The summed E-state index contributed by atoms with van der Waals surface area (Å²) in [5.74, 6) is 0. The minimum atomic E-state index is 0.323. The lowest BCUT2D eigenvalue weighted by atomic mass is 10.1. The SMILES string of the molecule is OCCCCNCC1CCCCN1. The number of unbranched alkanes of at least 4 members (excludes halogenated alkanes) is 1. The van der Waals surface area contributed by atoms with Crippen LogP contribution in [-0.2, 0) is 0 Å². The molecule has 3 N–H and O–H groups in total. The van der Waals surface area contributed by atoms with Gasteiger partial charge in [0.15, 0.2) is 0 Å². The van der Waals surface area contributed by atoms with Gasteiger partial charge in [0, 0.05) is 19.2 Å². The molecule has 1 rings (SSSR count). The summed E-state index contributed by atoms with van der Waals surface area (Å²) in [4.78, 5) is 0. The van der Waals surface area contributed by atoms with E-state index < -0.39 is 0 Å². The van der Waals surface area contributed by atoms with Crippen LogP contribution in [0.25, 0.3) is 0 Å². The van der Waals surface area contributed by atoms with Gasteiger partial charge >= 0.3 is 0 Å². The van der Waals surface area contributed by atoms with Gasteiger partial charge in [-0.3, -0.25) is 0 Å². The number of rotatable bonds is 6. The first kappa shape index (κ1) is 11.0. The number of nitrogens with one attached hydrogen (secondary N) is 2. The van der Waals surface area contributed by atoms with E-state index in [1.807, 2.05) is 0 Å². The van der Waals surface area contributed by atoms with Crippen LogP contribution in [0.1, 0.15) is 32.1 Å². The van der Waals surface area contributed by atoms with Crippen LogP contribution in [0.4, 0.5) is 0 Å². The summed E-state index contributed by atoms with van der Waals surface area (Å²) in [6.45, 7) is 3.64. The zero-order valence-corrected chi connectivity index (χ0v) is 8.39. The standard InChI is InChI=1S/C10H22N2O/c13-8-4-3-6-11-9-10-5-1-2-7-12-10/h10-13H,1-9H2. The van der Waals surface area contributed by atoms with E-state index in [1.165, 1.54) is 25.8 Å². The maximum atomic E-state index is 8.57. The van der Waals surface area contributed by atoms with Crippen LogP contribution in [0.15, 0.2) is 0 Å². The molecule has 78 valence electrons. The highest BCUT2D eigenvalue weighted by atomic mass is 16.2. The Bertz CT molecular complexity index is 113. The van der Waals surface area contributed by atoms with Gasteiger partial charge in [-0.15, -0.1) is 0 Å². The van der Waals surface area contributed by atoms with E-state index in [9.17, 15) is 0 Å². The molecule has 13 heavy (non-hydrogen) atoms. The highest BCUT2D eigenvalue weighted by molar-refractivity contribution is 4.73. The molecule has 0 saturated carbocycles. The van der Waals surface area contributed by atoms with Gasteiger partial charge in [-0.2, -0.15) is 0 Å². The van der Waals surface area contributed by atoms with E-state index in [0.29, 0.717) is 12.6 Å². The molecular formula is C10H22N2O. The summed E-state index contributed by atoms with van der Waals surface area (Å²) in [5.41, 5.74) is 0. The molecule has 1 heterocycles. The third-order valence-electron chi connectivity index (χ3n) is 2.56. The quantitative estimate of drug-likeness (QED) is 0.529. The van der Waals surface area contributed by atoms with Crippen molar-refractivity contribution in [2.24, 2.45) is 0 Å². The molecular weight excluding hydrogens is 164 g/mol. The fourth-order valence-electron chi connectivity index (χ4n) is 1.74. The Labute approximate surface area is 80.9 Å². The molecule has 0 radical (unpaired) electrons. The monoisotopic (exact) mass is 186 g/mol. The molecule has 0 spiro atoms. The van der Waals surface area contributed by atoms with E-state index in [2.05, 4.69) is 10.6 Å². The van der Waals surface area contributed by atoms with Crippen molar-refractivity contribution < 1.29 is 5.11 Å². The lowest BCUT2D eigenvalue weighted by Crippen LogP contribution is -2.41. The molecule has 1 atom stereocenters. The van der Waals surface area contributed by atoms with Gasteiger partial charge < -0.3 is 15.7 Å². The minimum Gasteiger partial charge on any atom is -0.396 e. The minimum absolute atomic E-state index is 0.323. The zero-order chi connectivity index (χ0) is 9.36. The molecule has 0 bridgehead atoms. The third-order valence-corrected chi connectivity index (χ3v) is 2.56. The molecule has 1 unspecified atom stereocenters. The van der Waals surface area contributed by atoms with Crippen molar-refractivity contribution >= 4 is 0 Å². The molecule has 0 aliphatic carbocycles. The Kier molecular flexibility index (Phi) is 6.15. The second kappa shape index (κ2) is 7.30. The summed E-state index contributed by atoms with van der Waals surface area (Å²) in [6.07, 6.45) is 6.03. The first-order valence-electron chi connectivity index (χ1n) is 5.48. The van der Waals surface area contributed by atoms with Gasteiger partial charge in [-0.25, -0.2) is 0 Å². The number of hydrogen-bond acceptors (Lipinski definition) is 3. The van der Waals surface area contributed by atoms with Crippen LogP contribution >= 0.6 is 0 Å². The van der Waals surface area contributed by atoms with Crippen LogP contribution < -0.4 is 10.6 Å². The normalized spacial score (nSPS) is 23.3. The number of hydrogen-bond donors (Lipinski definition) is 3. The van der Waals surface area contributed by atoms with Crippen molar-refractivity contribution in [3.05, 3.63) is 0 Å². The molecule has 3 heteroatoms. The number of aliphatic hydroxyl groups is 1. The highest BCUT2D eigenvalue weighted by Crippen LogP contribution is 2.05. The van der Waals surface area contributed by atoms with Crippen molar-refractivity contribution in [2.45, 2.75) is 38.1 Å². The van der Waals surface area contributed by atoms with Crippen molar-refractivity contribution in [3.8, 4) is 0 Å². The molecule has 1 fully saturated rings. The van der Waals surface area contributed by atoms with Crippen LogP contribution in [0.2, 0.25) is 0 Å². The predicted molar refractivity (Wildman–Crippen MR) is 54.8 cm³/mol. The Hall–Kier alpha value is -0.120. The van der Waals surface area contributed by atoms with Gasteiger partial charge in [0.2, 0.25) is 0 Å². The molecule has 3 nitrogen and oxygen atoms in total. The fraction of sp³-hybridized carbons (Fsp3) is 1.00. The Morgan fingerprint density at radius 3 is 2.92 bits per heavy atom. The van der Waals surface area contributed by atoms with Gasteiger partial charge in [0.1, 0.15) is 0 Å². The van der Waals surface area contributed by atoms with E-state index in [1.54, 1.807) is 0 Å². The molecule has 0 amide bonds. The van der Waals surface area contributed by atoms with Crippen molar-refractivity contribution in [2.75, 3.05) is 26.2 Å². The third kappa shape index (κ3) is 5.24. The van der Waals surface area contributed by atoms with Crippen molar-refractivity contribution in [3.63, 3.8) is 0 Å². The summed E-state index contributed by atoms with van der Waals surface area (Å²) in [6, 6.07) is 0.683. The molecule has 0 aromatic heterocycles. The summed E-state index contributed by atoms with van der Waals surface area (Å²) in [5, 5.41) is 15.5. The Morgan fingerprint density at radius 1 is 1.31 bits per heavy atom. The fourth-order valence-corrected chi connectivity index (χ4v) is 1.74. The highest BCUT2D eigenvalue weighted by Gasteiger charge is 2.10. The van der Waals surface area contributed by atoms with Gasteiger partial charge in [0.05, 0.1) is 0 Å². The van der Waals surface area contributed by atoms with Crippen LogP contribution in [0.3, 0.4) is 0 Å². The van der Waals surface area contributed by atoms with Crippen LogP contribution in [-0.4, -0.2) is 37.4 Å². The van der Waals surface area contributed by atoms with Gasteiger partial charge in [-0.05, 0) is 38.8 Å². The van der Waals surface area contributed by atoms with E-state index >= 15 is 0 Å². The second-order valence-corrected chi connectivity index (χ2v) is 3.78. The van der Waals surface area contributed by atoms with E-state index in [-0.39, 0.29) is 0 Å². The summed E-state index contributed by atoms with van der Waals surface area (Å²) < 4.78 is 0. The Morgan fingerprint density at radius 2 is 2.23 bits per heavy atom. The maximum Gasteiger partial charge on any atom is 0.0431 e. The zero-order valence-electron chi connectivity index (χ0n) is 8.39. The predicted octanol–water partition coefficient (Wildman–Crippen LogP) is 0.491. The van der Waals surface area contributed by atoms with Crippen molar-refractivity contribution in [1.82, 2.24) is 10.6 Å². The van der Waals surface area contributed by atoms with Crippen LogP contribution in [0.5, 0.6) is 0 Å². The summed E-state index contributed by atoms with van der Waals surface area (Å²) >= 11 is 0. The lowest BCUT2D eigenvalue weighted by molar-refractivity contribution is 0.282. The average molecular weight is 186 g/mol. The molecule has 1 saturated heterocycles. The van der Waals surface area contributed by atoms with E-state index in [4.69, 9.17) is 5.11 Å². The first-order valence-corrected chi connectivity index (χ1v) is 5.48. The molecule has 0 aromatic rings. The van der Waals surface area contributed by atoms with Crippen molar-refractivity contribution in [1.29, 1.82) is 0 Å². The van der Waals surface area contributed by atoms with E-state index in [0.717, 1.165) is 25.9 Å². The molecule has 1 aliphatic heterocycles. The second-order valence-electron chi connectivity index (χ2n) is 3.78. The first-order chi connectivity index (χ1) is 6.43. The number of aliphatic hydroxyl groups excluding tert-OH is 1. The lowest BCUT2D eigenvalue weighted by Gasteiger charge is -2.23. The average Bonchev–Trinajstić information content (AvgIpc) is 2.19. The smallest absolute Gasteiger partial charge is 0.0431 e. The van der Waals surface area contributed by atoms with Gasteiger partial charge in [0.25, 0.3) is 0 Å². The summed E-state index contributed by atoms with van der Waals surface area (Å²) in [7, 11) is 0. The Balaban J connectivity index is 1.86.